The van der Waals surface area contributed by atoms with Crippen LogP contribution in [0.5, 0.6) is 5.75 Å². The number of fused-ring (bicyclic) bond motifs is 3. The van der Waals surface area contributed by atoms with Gasteiger partial charge in [0.05, 0.1) is 11.9 Å². The highest BCUT2D eigenvalue weighted by Crippen LogP contribution is 2.37. The van der Waals surface area contributed by atoms with E-state index in [2.05, 4.69) is 17.1 Å². The fourth-order valence-corrected chi connectivity index (χ4v) is 5.09. The Balaban J connectivity index is 1.41. The largest absolute Gasteiger partial charge is 0.487 e. The number of thiophene rings is 1. The maximum absolute atomic E-state index is 12.9. The summed E-state index contributed by atoms with van der Waals surface area (Å²) in [6, 6.07) is 12.4. The quantitative estimate of drug-likeness (QED) is 0.477. The molecule has 0 atom stereocenters. The number of benzene rings is 1. The first-order valence-corrected chi connectivity index (χ1v) is 10.5. The van der Waals surface area contributed by atoms with Gasteiger partial charge in [-0.3, -0.25) is 14.3 Å². The molecule has 0 aliphatic heterocycles. The van der Waals surface area contributed by atoms with Crippen LogP contribution in [0.3, 0.4) is 0 Å². The number of rotatable bonds is 4. The van der Waals surface area contributed by atoms with Crippen molar-refractivity contribution in [2.45, 2.75) is 32.3 Å². The number of pyridine rings is 2. The summed E-state index contributed by atoms with van der Waals surface area (Å²) in [5.74, 6) is 0.0755. The first kappa shape index (κ1) is 18.1. The van der Waals surface area contributed by atoms with Gasteiger partial charge >= 0.3 is 0 Å². The summed E-state index contributed by atoms with van der Waals surface area (Å²) in [5, 5.41) is 1.27. The molecular weight excluding hydrogens is 387 g/mol. The molecular formula is C23H19FN2O2S. The molecule has 29 heavy (non-hydrogen) atoms. The van der Waals surface area contributed by atoms with E-state index >= 15 is 0 Å². The molecule has 146 valence electrons. The number of aryl methyl sites for hydroxylation is 2. The van der Waals surface area contributed by atoms with Gasteiger partial charge in [0.2, 0.25) is 0 Å². The zero-order chi connectivity index (χ0) is 19.8. The van der Waals surface area contributed by atoms with Crippen LogP contribution in [-0.4, -0.2) is 9.55 Å². The van der Waals surface area contributed by atoms with Crippen LogP contribution in [0.4, 0.5) is 4.39 Å². The molecule has 4 aromatic rings. The van der Waals surface area contributed by atoms with Crippen LogP contribution in [0.25, 0.3) is 15.8 Å². The van der Waals surface area contributed by atoms with Crippen LogP contribution in [0.1, 0.15) is 29.0 Å². The van der Waals surface area contributed by atoms with Crippen molar-refractivity contribution >= 4 is 21.4 Å². The number of aromatic nitrogens is 2. The molecule has 5 rings (SSSR count). The third kappa shape index (κ3) is 3.56. The highest BCUT2D eigenvalue weighted by atomic mass is 32.1. The minimum Gasteiger partial charge on any atom is -0.487 e. The van der Waals surface area contributed by atoms with Gasteiger partial charge in [-0.15, -0.1) is 11.3 Å². The molecule has 0 bridgehead atoms. The first-order valence-electron chi connectivity index (χ1n) is 9.68. The van der Waals surface area contributed by atoms with E-state index in [1.54, 1.807) is 22.9 Å². The van der Waals surface area contributed by atoms with E-state index in [1.807, 2.05) is 17.4 Å². The standard InChI is InChI=1S/C23H19FN2O2S/c24-15-5-6-16(25-13-15)14-28-18-9-10-26(23(27)12-18)17-7-8-22-20(11-17)19-3-1-2-4-21(19)29-22/h5-13H,1-4,14H2. The average molecular weight is 406 g/mol. The highest BCUT2D eigenvalue weighted by molar-refractivity contribution is 7.19. The maximum atomic E-state index is 12.9. The monoisotopic (exact) mass is 406 g/mol. The Labute approximate surface area is 171 Å². The SMILES string of the molecule is O=c1cc(OCc2ccc(F)cn2)ccn1-c1ccc2sc3c(c2c1)CCCC3. The molecule has 3 heterocycles. The van der Waals surface area contributed by atoms with Crippen LogP contribution in [0, 0.1) is 5.82 Å². The van der Waals surface area contributed by atoms with E-state index in [-0.39, 0.29) is 18.0 Å². The topological polar surface area (TPSA) is 44.1 Å². The second-order valence-corrected chi connectivity index (χ2v) is 8.36. The van der Waals surface area contributed by atoms with Crippen LogP contribution in [0.15, 0.2) is 59.7 Å². The Bertz CT molecular complexity index is 1240. The lowest BCUT2D eigenvalue weighted by Gasteiger charge is -2.11. The van der Waals surface area contributed by atoms with Crippen LogP contribution in [0.2, 0.25) is 0 Å². The third-order valence-corrected chi connectivity index (χ3v) is 6.56. The van der Waals surface area contributed by atoms with Crippen LogP contribution < -0.4 is 10.3 Å². The summed E-state index contributed by atoms with van der Waals surface area (Å²) < 4.78 is 21.5. The lowest BCUT2D eigenvalue weighted by Crippen LogP contribution is -2.16. The molecule has 6 heteroatoms. The highest BCUT2D eigenvalue weighted by Gasteiger charge is 2.16. The Hall–Kier alpha value is -2.99. The smallest absolute Gasteiger partial charge is 0.258 e. The van der Waals surface area contributed by atoms with E-state index in [0.717, 1.165) is 18.3 Å². The zero-order valence-electron chi connectivity index (χ0n) is 15.7. The molecule has 3 aromatic heterocycles. The third-order valence-electron chi connectivity index (χ3n) is 5.28. The summed E-state index contributed by atoms with van der Waals surface area (Å²) in [6.07, 6.45) is 7.67. The van der Waals surface area contributed by atoms with Crippen molar-refractivity contribution < 1.29 is 9.13 Å². The normalized spacial score (nSPS) is 13.4. The Morgan fingerprint density at radius 2 is 2.00 bits per heavy atom. The van der Waals surface area contributed by atoms with Gasteiger partial charge in [0.25, 0.3) is 5.56 Å². The number of halogens is 1. The van der Waals surface area contributed by atoms with Gasteiger partial charge in [0.1, 0.15) is 18.2 Å². The molecule has 0 amide bonds. The van der Waals surface area contributed by atoms with Crippen molar-refractivity contribution in [1.82, 2.24) is 9.55 Å². The molecule has 1 aromatic carbocycles. The number of hydrogen-bond donors (Lipinski definition) is 0. The first-order chi connectivity index (χ1) is 14.2. The molecule has 0 unspecified atom stereocenters. The van der Waals surface area contributed by atoms with Crippen LogP contribution >= 0.6 is 11.3 Å². The van der Waals surface area contributed by atoms with E-state index in [1.165, 1.54) is 51.9 Å². The lowest BCUT2D eigenvalue weighted by molar-refractivity contribution is 0.300. The maximum Gasteiger partial charge on any atom is 0.258 e. The van der Waals surface area contributed by atoms with Gasteiger partial charge in [-0.2, -0.15) is 0 Å². The molecule has 0 saturated heterocycles. The summed E-state index contributed by atoms with van der Waals surface area (Å²) >= 11 is 1.88. The molecule has 0 radical (unpaired) electrons. The molecule has 4 nitrogen and oxygen atoms in total. The number of nitrogens with zero attached hydrogens (tertiary/aromatic N) is 2. The average Bonchev–Trinajstić information content (AvgIpc) is 3.11. The van der Waals surface area contributed by atoms with E-state index in [4.69, 9.17) is 4.74 Å². The summed E-state index contributed by atoms with van der Waals surface area (Å²) in [4.78, 5) is 18.1. The Kier molecular flexibility index (Phi) is 4.64. The minimum atomic E-state index is -0.389. The molecule has 0 fully saturated rings. The second-order valence-electron chi connectivity index (χ2n) is 7.22. The zero-order valence-corrected chi connectivity index (χ0v) is 16.5. The molecule has 1 aliphatic carbocycles. The van der Waals surface area contributed by atoms with E-state index in [9.17, 15) is 9.18 Å². The number of hydrogen-bond acceptors (Lipinski definition) is 4. The molecule has 0 spiro atoms. The van der Waals surface area contributed by atoms with E-state index < -0.39 is 0 Å². The second kappa shape index (κ2) is 7.44. The van der Waals surface area contributed by atoms with Gasteiger partial charge in [0.15, 0.2) is 0 Å². The molecule has 0 saturated carbocycles. The van der Waals surface area contributed by atoms with Gasteiger partial charge in [0, 0.05) is 27.5 Å². The Morgan fingerprint density at radius 1 is 1.10 bits per heavy atom. The van der Waals surface area contributed by atoms with Crippen molar-refractivity contribution in [2.75, 3.05) is 0 Å². The summed E-state index contributed by atoms with van der Waals surface area (Å²) in [7, 11) is 0. The summed E-state index contributed by atoms with van der Waals surface area (Å²) in [5.41, 5.74) is 2.76. The fourth-order valence-electron chi connectivity index (χ4n) is 3.81. The van der Waals surface area contributed by atoms with Crippen molar-refractivity contribution in [1.29, 1.82) is 0 Å². The van der Waals surface area contributed by atoms with Gasteiger partial charge in [-0.05, 0) is 73.0 Å². The predicted octanol–water partition coefficient (Wildman–Crippen LogP) is 5.04. The predicted molar refractivity (Wildman–Crippen MR) is 113 cm³/mol. The van der Waals surface area contributed by atoms with Gasteiger partial charge < -0.3 is 4.74 Å². The van der Waals surface area contributed by atoms with E-state index in [0.29, 0.717) is 11.4 Å². The van der Waals surface area contributed by atoms with Crippen molar-refractivity contribution in [2.24, 2.45) is 0 Å². The van der Waals surface area contributed by atoms with Crippen LogP contribution in [-0.2, 0) is 19.4 Å². The van der Waals surface area contributed by atoms with Gasteiger partial charge in [-0.25, -0.2) is 4.39 Å². The van der Waals surface area contributed by atoms with Gasteiger partial charge in [-0.1, -0.05) is 0 Å². The Morgan fingerprint density at radius 3 is 2.83 bits per heavy atom. The molecule has 0 N–H and O–H groups in total. The van der Waals surface area contributed by atoms with Crippen molar-refractivity contribution in [3.63, 3.8) is 0 Å². The van der Waals surface area contributed by atoms with Crippen molar-refractivity contribution in [3.05, 3.63) is 87.2 Å². The van der Waals surface area contributed by atoms with Crippen molar-refractivity contribution in [3.8, 4) is 11.4 Å². The lowest BCUT2D eigenvalue weighted by atomic mass is 9.96. The summed E-state index contributed by atoms with van der Waals surface area (Å²) in [6.45, 7) is 0.177. The minimum absolute atomic E-state index is 0.155. The number of ether oxygens (including phenoxy) is 1. The molecule has 1 aliphatic rings. The fraction of sp³-hybridized carbons (Fsp3) is 0.217.